The summed E-state index contributed by atoms with van der Waals surface area (Å²) in [6, 6.07) is 13.0. The van der Waals surface area contributed by atoms with E-state index in [-0.39, 0.29) is 6.61 Å². The zero-order valence-corrected chi connectivity index (χ0v) is 17.4. The lowest BCUT2D eigenvalue weighted by Gasteiger charge is -2.10. The van der Waals surface area contributed by atoms with Gasteiger partial charge in [0.15, 0.2) is 0 Å². The van der Waals surface area contributed by atoms with E-state index in [0.717, 1.165) is 8.95 Å². The number of aliphatic hydroxyl groups is 2. The average Bonchev–Trinajstić information content (AvgIpc) is 2.56. The maximum atomic E-state index is 10.3. The first-order valence-corrected chi connectivity index (χ1v) is 8.86. The summed E-state index contributed by atoms with van der Waals surface area (Å²) in [6.07, 6.45) is 0. The van der Waals surface area contributed by atoms with Gasteiger partial charge >= 0.3 is 11.9 Å². The molecule has 0 heterocycles. The molecule has 0 bridgehead atoms. The second-order valence-corrected chi connectivity index (χ2v) is 7.43. The van der Waals surface area contributed by atoms with Crippen LogP contribution in [0.3, 0.4) is 0 Å². The molecule has 2 rings (SSSR count). The van der Waals surface area contributed by atoms with Gasteiger partial charge in [0.05, 0.1) is 23.3 Å². The van der Waals surface area contributed by atoms with Gasteiger partial charge in [-0.1, -0.05) is 31.9 Å². The molecule has 8 heteroatoms. The van der Waals surface area contributed by atoms with E-state index < -0.39 is 17.5 Å². The van der Waals surface area contributed by atoms with Crippen LogP contribution in [0.2, 0.25) is 0 Å². The van der Waals surface area contributed by atoms with Crippen molar-refractivity contribution >= 4 is 43.8 Å². The van der Waals surface area contributed by atoms with Gasteiger partial charge in [0, 0.05) is 8.95 Å². The van der Waals surface area contributed by atoms with Crippen LogP contribution >= 0.6 is 31.9 Å². The Labute approximate surface area is 168 Å². The Hall–Kier alpha value is -1.74. The van der Waals surface area contributed by atoms with Gasteiger partial charge < -0.3 is 20.4 Å². The molecule has 0 radical (unpaired) electrons. The van der Waals surface area contributed by atoms with Gasteiger partial charge in [0.25, 0.3) is 0 Å². The van der Waals surface area contributed by atoms with Crippen LogP contribution in [-0.4, -0.2) is 44.6 Å². The second kappa shape index (κ2) is 11.8. The third-order valence-corrected chi connectivity index (χ3v) is 3.63. The number of aliphatic hydroxyl groups excluding tert-OH is 1. The van der Waals surface area contributed by atoms with Crippen LogP contribution < -0.4 is 0 Å². The molecule has 0 unspecified atom stereocenters. The quantitative estimate of drug-likeness (QED) is 0.515. The van der Waals surface area contributed by atoms with E-state index in [1.165, 1.54) is 0 Å². The zero-order valence-electron chi connectivity index (χ0n) is 14.2. The molecule has 4 N–H and O–H groups in total. The third-order valence-electron chi connectivity index (χ3n) is 2.57. The topological polar surface area (TPSA) is 115 Å². The van der Waals surface area contributed by atoms with Gasteiger partial charge in [-0.15, -0.1) is 0 Å². The highest BCUT2D eigenvalue weighted by atomic mass is 79.9. The fourth-order valence-electron chi connectivity index (χ4n) is 1.18. The summed E-state index contributed by atoms with van der Waals surface area (Å²) in [5.41, 5.74) is -0.286. The molecule has 0 saturated heterocycles. The van der Waals surface area contributed by atoms with Crippen molar-refractivity contribution in [3.8, 4) is 0 Å². The minimum absolute atomic E-state index is 0.174. The first-order valence-electron chi connectivity index (χ1n) is 7.27. The number of carboxylic acid groups (broad SMARTS) is 2. The Morgan fingerprint density at radius 2 is 1.04 bits per heavy atom. The molecule has 0 spiro atoms. The lowest BCUT2D eigenvalue weighted by atomic mass is 10.2. The first-order chi connectivity index (χ1) is 12.0. The van der Waals surface area contributed by atoms with Crippen molar-refractivity contribution in [1.29, 1.82) is 0 Å². The van der Waals surface area contributed by atoms with Crippen molar-refractivity contribution in [2.75, 3.05) is 6.61 Å². The SMILES string of the molecule is CC(C)(O)CO.O=C(O)c1ccc(Br)cc1.O=C(O)c1ccc(Br)cc1. The minimum Gasteiger partial charge on any atom is -0.478 e. The van der Waals surface area contributed by atoms with E-state index in [0.29, 0.717) is 11.1 Å². The number of rotatable bonds is 3. The molecule has 0 aliphatic rings. The van der Waals surface area contributed by atoms with Crippen molar-refractivity contribution in [1.82, 2.24) is 0 Å². The van der Waals surface area contributed by atoms with Gasteiger partial charge in [-0.25, -0.2) is 9.59 Å². The number of aromatic carboxylic acids is 2. The van der Waals surface area contributed by atoms with Crippen LogP contribution in [0.25, 0.3) is 0 Å². The van der Waals surface area contributed by atoms with E-state index in [1.807, 2.05) is 0 Å². The standard InChI is InChI=1S/2C7H5BrO2.C4H10O2/c2*8-6-3-1-5(2-4-6)7(9)10;1-4(2,6)3-5/h2*1-4H,(H,9,10);5-6H,3H2,1-2H3. The van der Waals surface area contributed by atoms with Gasteiger partial charge in [0.1, 0.15) is 0 Å². The predicted molar refractivity (Wildman–Crippen MR) is 106 cm³/mol. The van der Waals surface area contributed by atoms with Crippen LogP contribution in [0.5, 0.6) is 0 Å². The Bertz CT molecular complexity index is 636. The molecule has 0 saturated carbocycles. The Balaban J connectivity index is 0.000000375. The normalized spacial score (nSPS) is 9.92. The van der Waals surface area contributed by atoms with Gasteiger partial charge in [-0.05, 0) is 62.4 Å². The summed E-state index contributed by atoms with van der Waals surface area (Å²) in [5, 5.41) is 33.6. The molecular formula is C18H20Br2O6. The number of benzene rings is 2. The summed E-state index contributed by atoms with van der Waals surface area (Å²) >= 11 is 6.40. The molecule has 0 fully saturated rings. The first kappa shape index (κ1) is 24.3. The smallest absolute Gasteiger partial charge is 0.335 e. The maximum absolute atomic E-state index is 10.3. The summed E-state index contributed by atoms with van der Waals surface area (Å²) in [5.74, 6) is -1.79. The minimum atomic E-state index is -0.903. The van der Waals surface area contributed by atoms with E-state index in [4.69, 9.17) is 20.4 Å². The zero-order chi connectivity index (χ0) is 20.3. The molecule has 2 aromatic carbocycles. The molecule has 26 heavy (non-hydrogen) atoms. The molecule has 6 nitrogen and oxygen atoms in total. The summed E-state index contributed by atoms with van der Waals surface area (Å²) < 4.78 is 1.77. The Morgan fingerprint density at radius 1 is 0.808 bits per heavy atom. The van der Waals surface area contributed by atoms with Crippen molar-refractivity contribution in [2.24, 2.45) is 0 Å². The van der Waals surface area contributed by atoms with Crippen molar-refractivity contribution < 1.29 is 30.0 Å². The highest BCUT2D eigenvalue weighted by molar-refractivity contribution is 9.10. The van der Waals surface area contributed by atoms with E-state index >= 15 is 0 Å². The van der Waals surface area contributed by atoms with Crippen LogP contribution in [-0.2, 0) is 0 Å². The lowest BCUT2D eigenvalue weighted by Crippen LogP contribution is -2.23. The number of halogens is 2. The summed E-state index contributed by atoms with van der Waals surface area (Å²) in [4.78, 5) is 20.6. The highest BCUT2D eigenvalue weighted by Crippen LogP contribution is 2.10. The molecule has 0 aliphatic carbocycles. The van der Waals surface area contributed by atoms with Gasteiger partial charge in [-0.2, -0.15) is 0 Å². The van der Waals surface area contributed by atoms with Crippen LogP contribution in [0.1, 0.15) is 34.6 Å². The molecule has 0 atom stereocenters. The number of hydrogen-bond acceptors (Lipinski definition) is 4. The fourth-order valence-corrected chi connectivity index (χ4v) is 1.71. The lowest BCUT2D eigenvalue weighted by molar-refractivity contribution is 0.0183. The number of hydrogen-bond donors (Lipinski definition) is 4. The number of carbonyl (C=O) groups is 2. The number of carboxylic acids is 2. The fraction of sp³-hybridized carbons (Fsp3) is 0.222. The van der Waals surface area contributed by atoms with E-state index in [2.05, 4.69) is 31.9 Å². The Kier molecular flexibility index (Phi) is 11.0. The van der Waals surface area contributed by atoms with Crippen LogP contribution in [0, 0.1) is 0 Å². The highest BCUT2D eigenvalue weighted by Gasteiger charge is 2.07. The van der Waals surface area contributed by atoms with Crippen LogP contribution in [0.4, 0.5) is 0 Å². The van der Waals surface area contributed by atoms with Crippen molar-refractivity contribution in [2.45, 2.75) is 19.4 Å². The van der Waals surface area contributed by atoms with Crippen molar-refractivity contribution in [3.05, 3.63) is 68.6 Å². The molecular weight excluding hydrogens is 472 g/mol. The largest absolute Gasteiger partial charge is 0.478 e. The molecule has 2 aromatic rings. The maximum Gasteiger partial charge on any atom is 0.335 e. The molecule has 0 amide bonds. The van der Waals surface area contributed by atoms with Crippen LogP contribution in [0.15, 0.2) is 57.5 Å². The second-order valence-electron chi connectivity index (χ2n) is 5.59. The third kappa shape index (κ3) is 11.8. The average molecular weight is 492 g/mol. The molecule has 0 aromatic heterocycles. The van der Waals surface area contributed by atoms with E-state index in [1.54, 1.807) is 62.4 Å². The summed E-state index contributed by atoms with van der Waals surface area (Å²) in [6.45, 7) is 2.92. The van der Waals surface area contributed by atoms with Gasteiger partial charge in [-0.3, -0.25) is 0 Å². The Morgan fingerprint density at radius 3 is 1.19 bits per heavy atom. The predicted octanol–water partition coefficient (Wildman–Crippen LogP) is 4.04. The summed E-state index contributed by atoms with van der Waals surface area (Å²) in [7, 11) is 0. The van der Waals surface area contributed by atoms with Crippen molar-refractivity contribution in [3.63, 3.8) is 0 Å². The molecule has 142 valence electrons. The van der Waals surface area contributed by atoms with E-state index in [9.17, 15) is 9.59 Å². The monoisotopic (exact) mass is 490 g/mol. The van der Waals surface area contributed by atoms with Gasteiger partial charge in [0.2, 0.25) is 0 Å². The molecule has 0 aliphatic heterocycles.